The molecule has 0 aromatic heterocycles. The Morgan fingerprint density at radius 1 is 0.906 bits per heavy atom. The molecule has 10 heteroatoms. The van der Waals surface area contributed by atoms with Crippen molar-refractivity contribution in [3.63, 3.8) is 0 Å². The SMILES string of the molecule is CNC(=O)c1cc(Oc2cccc(C3OC(CO)C(O)C(O)C3O)c2)cc(C(=O)NC)c1. The van der Waals surface area contributed by atoms with E-state index in [1.165, 1.54) is 32.3 Å². The normalized spacial score (nSPS) is 25.1. The van der Waals surface area contributed by atoms with Crippen LogP contribution in [0.5, 0.6) is 11.5 Å². The van der Waals surface area contributed by atoms with Crippen LogP contribution in [0.2, 0.25) is 0 Å². The van der Waals surface area contributed by atoms with Gasteiger partial charge in [0.05, 0.1) is 6.61 Å². The zero-order valence-corrected chi connectivity index (χ0v) is 17.6. The Balaban J connectivity index is 1.90. The van der Waals surface area contributed by atoms with E-state index >= 15 is 0 Å². The molecular formula is C22H26N2O8. The fraction of sp³-hybridized carbons (Fsp3) is 0.364. The van der Waals surface area contributed by atoms with E-state index in [2.05, 4.69) is 10.6 Å². The van der Waals surface area contributed by atoms with Gasteiger partial charge < -0.3 is 40.5 Å². The average Bonchev–Trinajstić information content (AvgIpc) is 2.81. The summed E-state index contributed by atoms with van der Waals surface area (Å²) in [4.78, 5) is 24.2. The van der Waals surface area contributed by atoms with E-state index in [0.29, 0.717) is 11.3 Å². The summed E-state index contributed by atoms with van der Waals surface area (Å²) < 4.78 is 11.4. The molecule has 32 heavy (non-hydrogen) atoms. The number of aliphatic hydroxyl groups is 4. The minimum Gasteiger partial charge on any atom is -0.457 e. The van der Waals surface area contributed by atoms with Crippen LogP contribution in [0, 0.1) is 0 Å². The van der Waals surface area contributed by atoms with Gasteiger partial charge in [-0.1, -0.05) is 12.1 Å². The fourth-order valence-electron chi connectivity index (χ4n) is 3.48. The number of benzene rings is 2. The minimum atomic E-state index is -1.50. The van der Waals surface area contributed by atoms with Crippen molar-refractivity contribution in [1.29, 1.82) is 0 Å². The average molecular weight is 446 g/mol. The van der Waals surface area contributed by atoms with Crippen LogP contribution in [-0.2, 0) is 4.74 Å². The summed E-state index contributed by atoms with van der Waals surface area (Å²) in [5.41, 5.74) is 0.899. The molecule has 5 unspecified atom stereocenters. The van der Waals surface area contributed by atoms with Crippen LogP contribution in [0.1, 0.15) is 32.4 Å². The zero-order valence-electron chi connectivity index (χ0n) is 17.6. The lowest BCUT2D eigenvalue weighted by Crippen LogP contribution is -2.55. The number of carbonyl (C=O) groups is 2. The van der Waals surface area contributed by atoms with E-state index < -0.39 is 48.9 Å². The summed E-state index contributed by atoms with van der Waals surface area (Å²) in [5.74, 6) is -0.238. The number of hydrogen-bond acceptors (Lipinski definition) is 8. The standard InChI is InChI=1S/C22H26N2O8/c1-23-21(29)12-6-13(22(30)24-2)9-15(8-12)31-14-5-3-4-11(7-14)20-19(28)18(27)17(26)16(10-25)32-20/h3-9,16-20,25-28H,10H2,1-2H3,(H,23,29)(H,24,30). The van der Waals surface area contributed by atoms with E-state index in [1.807, 2.05) is 0 Å². The highest BCUT2D eigenvalue weighted by Crippen LogP contribution is 2.34. The van der Waals surface area contributed by atoms with Crippen molar-refractivity contribution >= 4 is 11.8 Å². The van der Waals surface area contributed by atoms with Crippen LogP contribution in [0.3, 0.4) is 0 Å². The van der Waals surface area contributed by atoms with Crippen LogP contribution < -0.4 is 15.4 Å². The monoisotopic (exact) mass is 446 g/mol. The minimum absolute atomic E-state index is 0.230. The lowest BCUT2D eigenvalue weighted by Gasteiger charge is -2.40. The Morgan fingerprint density at radius 3 is 2.09 bits per heavy atom. The van der Waals surface area contributed by atoms with Crippen molar-refractivity contribution in [3.05, 3.63) is 59.2 Å². The summed E-state index contributed by atoms with van der Waals surface area (Å²) in [7, 11) is 2.94. The lowest BCUT2D eigenvalue weighted by molar-refractivity contribution is -0.231. The van der Waals surface area contributed by atoms with Gasteiger partial charge in [0.1, 0.15) is 42.0 Å². The highest BCUT2D eigenvalue weighted by Gasteiger charge is 2.44. The molecule has 6 N–H and O–H groups in total. The Morgan fingerprint density at radius 2 is 1.53 bits per heavy atom. The summed E-state index contributed by atoms with van der Waals surface area (Å²) in [6.07, 6.45) is -6.45. The topological polar surface area (TPSA) is 158 Å². The van der Waals surface area contributed by atoms with Crippen LogP contribution in [0.15, 0.2) is 42.5 Å². The third-order valence-corrected chi connectivity index (χ3v) is 5.20. The molecule has 1 saturated heterocycles. The van der Waals surface area contributed by atoms with Gasteiger partial charge >= 0.3 is 0 Å². The molecule has 172 valence electrons. The highest BCUT2D eigenvalue weighted by atomic mass is 16.5. The molecule has 0 radical (unpaired) electrons. The van der Waals surface area contributed by atoms with Gasteiger partial charge in [-0.25, -0.2) is 0 Å². The Hall–Kier alpha value is -3.02. The van der Waals surface area contributed by atoms with Crippen LogP contribution in [0.25, 0.3) is 0 Å². The maximum atomic E-state index is 12.1. The molecule has 3 rings (SSSR count). The summed E-state index contributed by atoms with van der Waals surface area (Å²) in [6, 6.07) is 10.8. The molecule has 5 atom stereocenters. The molecule has 2 aromatic rings. The van der Waals surface area contributed by atoms with Gasteiger partial charge in [-0.05, 0) is 35.9 Å². The predicted octanol–water partition coefficient (Wildman–Crippen LogP) is -0.287. The molecular weight excluding hydrogens is 420 g/mol. The summed E-state index contributed by atoms with van der Waals surface area (Å²) in [5, 5.41) is 44.8. The third kappa shape index (κ3) is 4.90. The first-order valence-corrected chi connectivity index (χ1v) is 9.96. The van der Waals surface area contributed by atoms with Crippen LogP contribution in [-0.4, -0.2) is 77.4 Å². The Kier molecular flexibility index (Phi) is 7.44. The van der Waals surface area contributed by atoms with Gasteiger partial charge in [-0.3, -0.25) is 9.59 Å². The van der Waals surface area contributed by atoms with Crippen molar-refractivity contribution < 1.29 is 39.5 Å². The van der Waals surface area contributed by atoms with Gasteiger partial charge in [0.15, 0.2) is 0 Å². The van der Waals surface area contributed by atoms with Crippen molar-refractivity contribution in [2.75, 3.05) is 20.7 Å². The lowest BCUT2D eigenvalue weighted by atomic mass is 9.91. The van der Waals surface area contributed by atoms with E-state index in [9.17, 15) is 30.0 Å². The van der Waals surface area contributed by atoms with Gasteiger partial charge in [0.2, 0.25) is 0 Å². The molecule has 0 aliphatic carbocycles. The molecule has 1 aliphatic rings. The van der Waals surface area contributed by atoms with E-state index in [0.717, 1.165) is 0 Å². The van der Waals surface area contributed by atoms with Crippen LogP contribution >= 0.6 is 0 Å². The van der Waals surface area contributed by atoms with E-state index in [-0.39, 0.29) is 16.9 Å². The number of aliphatic hydroxyl groups excluding tert-OH is 4. The fourth-order valence-corrected chi connectivity index (χ4v) is 3.48. The molecule has 0 saturated carbocycles. The number of ether oxygens (including phenoxy) is 2. The number of rotatable bonds is 6. The van der Waals surface area contributed by atoms with Crippen LogP contribution in [0.4, 0.5) is 0 Å². The maximum Gasteiger partial charge on any atom is 0.251 e. The van der Waals surface area contributed by atoms with Gasteiger partial charge in [-0.15, -0.1) is 0 Å². The maximum absolute atomic E-state index is 12.1. The molecule has 10 nitrogen and oxygen atoms in total. The summed E-state index contributed by atoms with van der Waals surface area (Å²) in [6.45, 7) is -0.536. The van der Waals surface area contributed by atoms with Crippen molar-refractivity contribution in [2.45, 2.75) is 30.5 Å². The second-order valence-electron chi connectivity index (χ2n) is 7.33. The summed E-state index contributed by atoms with van der Waals surface area (Å²) >= 11 is 0. The number of nitrogens with one attached hydrogen (secondary N) is 2. The Labute approximate surface area is 184 Å². The first-order chi connectivity index (χ1) is 15.3. The number of carbonyl (C=O) groups excluding carboxylic acids is 2. The largest absolute Gasteiger partial charge is 0.457 e. The molecule has 2 aromatic carbocycles. The first kappa shape index (κ1) is 23.6. The zero-order chi connectivity index (χ0) is 23.4. The Bertz CT molecular complexity index is 946. The van der Waals surface area contributed by atoms with Gasteiger partial charge in [0.25, 0.3) is 11.8 Å². The second-order valence-corrected chi connectivity index (χ2v) is 7.33. The number of amides is 2. The smallest absolute Gasteiger partial charge is 0.251 e. The molecule has 1 fully saturated rings. The van der Waals surface area contributed by atoms with Crippen molar-refractivity contribution in [1.82, 2.24) is 10.6 Å². The molecule has 1 heterocycles. The molecule has 0 spiro atoms. The number of hydrogen-bond donors (Lipinski definition) is 6. The second kappa shape index (κ2) is 10.1. The van der Waals surface area contributed by atoms with Gasteiger partial charge in [-0.2, -0.15) is 0 Å². The van der Waals surface area contributed by atoms with Crippen molar-refractivity contribution in [2.24, 2.45) is 0 Å². The first-order valence-electron chi connectivity index (χ1n) is 9.96. The van der Waals surface area contributed by atoms with Gasteiger partial charge in [0, 0.05) is 25.2 Å². The van der Waals surface area contributed by atoms with E-state index in [1.54, 1.807) is 24.3 Å². The molecule has 1 aliphatic heterocycles. The van der Waals surface area contributed by atoms with Crippen molar-refractivity contribution in [3.8, 4) is 11.5 Å². The highest BCUT2D eigenvalue weighted by molar-refractivity contribution is 6.00. The molecule has 2 amide bonds. The third-order valence-electron chi connectivity index (χ3n) is 5.20. The quantitative estimate of drug-likeness (QED) is 0.353. The van der Waals surface area contributed by atoms with E-state index in [4.69, 9.17) is 9.47 Å². The molecule has 0 bridgehead atoms. The predicted molar refractivity (Wildman–Crippen MR) is 112 cm³/mol.